The summed E-state index contributed by atoms with van der Waals surface area (Å²) in [7, 11) is 0.789. The fourth-order valence-electron chi connectivity index (χ4n) is 2.97. The lowest BCUT2D eigenvalue weighted by Crippen LogP contribution is -2.30. The average molecular weight is 376 g/mol. The van der Waals surface area contributed by atoms with Gasteiger partial charge in [-0.3, -0.25) is 4.99 Å². The molecular formula is C20H29N3O2S. The van der Waals surface area contributed by atoms with Gasteiger partial charge in [-0.1, -0.05) is 44.2 Å². The summed E-state index contributed by atoms with van der Waals surface area (Å²) in [5.41, 5.74) is 3.79. The van der Waals surface area contributed by atoms with Gasteiger partial charge in [-0.15, -0.1) is 0 Å². The van der Waals surface area contributed by atoms with Crippen LogP contribution in [0.5, 0.6) is 0 Å². The van der Waals surface area contributed by atoms with E-state index in [9.17, 15) is 8.42 Å². The first-order valence-corrected chi connectivity index (χ1v) is 10.6. The van der Waals surface area contributed by atoms with Crippen LogP contribution in [0.3, 0.4) is 0 Å². The molecule has 142 valence electrons. The Morgan fingerprint density at radius 3 is 2.38 bits per heavy atom. The first-order chi connectivity index (χ1) is 12.0. The van der Waals surface area contributed by atoms with E-state index in [2.05, 4.69) is 66.9 Å². The predicted molar refractivity (Wildman–Crippen MR) is 111 cm³/mol. The van der Waals surface area contributed by atoms with Crippen LogP contribution in [0.25, 0.3) is 10.8 Å². The Morgan fingerprint density at radius 1 is 1.12 bits per heavy atom. The number of likely N-dealkylation sites (N-methyl/N-ethyl adjacent to an activating group) is 1. The van der Waals surface area contributed by atoms with Gasteiger partial charge in [0, 0.05) is 24.2 Å². The van der Waals surface area contributed by atoms with Crippen molar-refractivity contribution < 1.29 is 8.42 Å². The fraction of sp³-hybridized carbons (Fsp3) is 0.450. The topological polar surface area (TPSA) is 61.8 Å². The standard InChI is InChI=1S/C15H15N.C5H14N2O2S/c1-10-15(2,3)14-12-7-5-4-6-11(12)8-9-13(14)16-10;1-7(2)5-4-6-10(3,8)9/h4-9H,1-3H3;6H,4-5H2,1-3H3. The van der Waals surface area contributed by atoms with Crippen LogP contribution in [0, 0.1) is 0 Å². The molecule has 0 saturated carbocycles. The van der Waals surface area contributed by atoms with Gasteiger partial charge in [0.15, 0.2) is 0 Å². The van der Waals surface area contributed by atoms with Gasteiger partial charge in [0.25, 0.3) is 0 Å². The van der Waals surface area contributed by atoms with E-state index in [0.717, 1.165) is 18.5 Å². The smallest absolute Gasteiger partial charge is 0.208 e. The minimum Gasteiger partial charge on any atom is -0.308 e. The Labute approximate surface area is 157 Å². The third-order valence-electron chi connectivity index (χ3n) is 4.65. The molecule has 26 heavy (non-hydrogen) atoms. The molecule has 0 amide bonds. The van der Waals surface area contributed by atoms with Crippen molar-refractivity contribution in [1.29, 1.82) is 0 Å². The summed E-state index contributed by atoms with van der Waals surface area (Å²) in [6.45, 7) is 7.84. The van der Waals surface area contributed by atoms with Crippen molar-refractivity contribution in [1.82, 2.24) is 9.62 Å². The maximum absolute atomic E-state index is 10.5. The van der Waals surface area contributed by atoms with E-state index in [0.29, 0.717) is 6.54 Å². The van der Waals surface area contributed by atoms with Crippen LogP contribution in [0.1, 0.15) is 26.3 Å². The summed E-state index contributed by atoms with van der Waals surface area (Å²) >= 11 is 0. The van der Waals surface area contributed by atoms with Gasteiger partial charge in [0.05, 0.1) is 11.9 Å². The van der Waals surface area contributed by atoms with E-state index < -0.39 is 10.0 Å². The maximum atomic E-state index is 10.5. The van der Waals surface area contributed by atoms with Crippen LogP contribution >= 0.6 is 0 Å². The van der Waals surface area contributed by atoms with Gasteiger partial charge in [0.1, 0.15) is 0 Å². The summed E-state index contributed by atoms with van der Waals surface area (Å²) < 4.78 is 23.3. The number of benzene rings is 2. The maximum Gasteiger partial charge on any atom is 0.208 e. The molecule has 0 radical (unpaired) electrons. The second kappa shape index (κ2) is 7.86. The predicted octanol–water partition coefficient (Wildman–Crippen LogP) is 3.32. The highest BCUT2D eigenvalue weighted by molar-refractivity contribution is 7.88. The van der Waals surface area contributed by atoms with Crippen molar-refractivity contribution in [2.75, 3.05) is 33.4 Å². The van der Waals surface area contributed by atoms with E-state index >= 15 is 0 Å². The Balaban J connectivity index is 0.000000213. The minimum atomic E-state index is -3.00. The molecule has 5 nitrogen and oxygen atoms in total. The number of hydrogen-bond donors (Lipinski definition) is 1. The number of nitrogens with zero attached hydrogens (tertiary/aromatic N) is 2. The fourth-order valence-corrected chi connectivity index (χ4v) is 3.43. The lowest BCUT2D eigenvalue weighted by molar-refractivity contribution is 0.412. The first-order valence-electron chi connectivity index (χ1n) is 8.70. The molecule has 1 heterocycles. The van der Waals surface area contributed by atoms with Crippen LogP contribution in [-0.2, 0) is 15.4 Å². The Hall–Kier alpha value is -1.76. The molecule has 1 N–H and O–H groups in total. The van der Waals surface area contributed by atoms with Gasteiger partial charge in [0.2, 0.25) is 10.0 Å². The van der Waals surface area contributed by atoms with Gasteiger partial charge in [-0.2, -0.15) is 0 Å². The zero-order valence-corrected chi connectivity index (χ0v) is 17.3. The molecule has 1 aliphatic heterocycles. The largest absolute Gasteiger partial charge is 0.308 e. The zero-order valence-electron chi connectivity index (χ0n) is 16.5. The summed E-state index contributed by atoms with van der Waals surface area (Å²) in [4.78, 5) is 6.59. The molecule has 0 aromatic heterocycles. The molecular weight excluding hydrogens is 346 g/mol. The highest BCUT2D eigenvalue weighted by Crippen LogP contribution is 2.43. The normalized spacial score (nSPS) is 15.4. The van der Waals surface area contributed by atoms with E-state index in [4.69, 9.17) is 0 Å². The van der Waals surface area contributed by atoms with Gasteiger partial charge >= 0.3 is 0 Å². The molecule has 6 heteroatoms. The summed E-state index contributed by atoms with van der Waals surface area (Å²) in [6.07, 6.45) is 1.16. The van der Waals surface area contributed by atoms with Crippen molar-refractivity contribution in [2.45, 2.75) is 26.2 Å². The lowest BCUT2D eigenvalue weighted by Gasteiger charge is -2.21. The molecule has 1 aliphatic rings. The number of rotatable bonds is 4. The van der Waals surface area contributed by atoms with Crippen LogP contribution in [0.2, 0.25) is 0 Å². The number of aliphatic imine (C=N–C) groups is 1. The molecule has 2 aromatic carbocycles. The molecule has 0 bridgehead atoms. The Bertz CT molecular complexity index is 916. The van der Waals surface area contributed by atoms with Crippen LogP contribution in [0.15, 0.2) is 41.4 Å². The van der Waals surface area contributed by atoms with E-state index in [1.165, 1.54) is 22.0 Å². The van der Waals surface area contributed by atoms with Gasteiger partial charge in [-0.25, -0.2) is 13.1 Å². The van der Waals surface area contributed by atoms with Crippen molar-refractivity contribution in [3.63, 3.8) is 0 Å². The van der Waals surface area contributed by atoms with Crippen molar-refractivity contribution in [3.05, 3.63) is 42.0 Å². The van der Waals surface area contributed by atoms with E-state index in [-0.39, 0.29) is 5.41 Å². The highest BCUT2D eigenvalue weighted by atomic mass is 32.2. The van der Waals surface area contributed by atoms with Crippen molar-refractivity contribution >= 4 is 32.2 Å². The Kier molecular flexibility index (Phi) is 6.21. The van der Waals surface area contributed by atoms with E-state index in [1.807, 2.05) is 19.0 Å². The lowest BCUT2D eigenvalue weighted by atomic mass is 9.80. The number of sulfonamides is 1. The number of nitrogens with one attached hydrogen (secondary N) is 1. The molecule has 0 aliphatic carbocycles. The monoisotopic (exact) mass is 375 g/mol. The molecule has 0 spiro atoms. The molecule has 0 unspecified atom stereocenters. The Morgan fingerprint density at radius 2 is 1.77 bits per heavy atom. The van der Waals surface area contributed by atoms with Crippen molar-refractivity contribution in [3.8, 4) is 0 Å². The van der Waals surface area contributed by atoms with Gasteiger partial charge < -0.3 is 4.90 Å². The van der Waals surface area contributed by atoms with Crippen molar-refractivity contribution in [2.24, 2.45) is 4.99 Å². The molecule has 0 saturated heterocycles. The van der Waals surface area contributed by atoms with Crippen LogP contribution < -0.4 is 4.72 Å². The first kappa shape index (κ1) is 20.6. The summed E-state index contributed by atoms with van der Waals surface area (Å²) in [5, 5.41) is 2.64. The average Bonchev–Trinajstić information content (AvgIpc) is 2.76. The van der Waals surface area contributed by atoms with E-state index in [1.54, 1.807) is 0 Å². The third-order valence-corrected chi connectivity index (χ3v) is 5.38. The summed E-state index contributed by atoms with van der Waals surface area (Å²) in [5.74, 6) is 0. The minimum absolute atomic E-state index is 0.0657. The third kappa shape index (κ3) is 4.90. The second-order valence-electron chi connectivity index (χ2n) is 7.47. The van der Waals surface area contributed by atoms with Gasteiger partial charge in [-0.05, 0) is 43.4 Å². The SMILES string of the molecule is CC1=Nc2ccc3ccccc3c2C1(C)C.CN(C)CCNS(C)(=O)=O. The molecule has 0 atom stereocenters. The van der Waals surface area contributed by atoms with Crippen LogP contribution in [0.4, 0.5) is 5.69 Å². The summed E-state index contributed by atoms with van der Waals surface area (Å²) in [6, 6.07) is 12.8. The number of hydrogen-bond acceptors (Lipinski definition) is 4. The molecule has 2 aromatic rings. The quantitative estimate of drug-likeness (QED) is 0.892. The number of fused-ring (bicyclic) bond motifs is 3. The zero-order chi connectivity index (χ0) is 19.5. The molecule has 0 fully saturated rings. The molecule has 3 rings (SSSR count). The highest BCUT2D eigenvalue weighted by Gasteiger charge is 2.33. The van der Waals surface area contributed by atoms with Crippen LogP contribution in [-0.4, -0.2) is 52.5 Å². The second-order valence-corrected chi connectivity index (χ2v) is 9.31.